The molecule has 0 rings (SSSR count). The smallest absolute Gasteiger partial charge is 0.747 e. The topological polar surface area (TPSA) is 110 Å². The molecule has 0 radical (unpaired) electrons. The van der Waals surface area contributed by atoms with Crippen molar-refractivity contribution in [3.63, 3.8) is 0 Å². The molecule has 0 aromatic rings. The molecule has 1 atom stereocenters. The molecule has 0 amide bonds. The zero-order valence-electron chi connectivity index (χ0n) is 18.2. The summed E-state index contributed by atoms with van der Waals surface area (Å²) in [6, 6.07) is 0. The molecule has 0 heterocycles. The average molecular weight is 443 g/mol. The van der Waals surface area contributed by atoms with Gasteiger partial charge in [-0.15, -0.1) is 0 Å². The standard InChI is InChI=1S/C20H36O7S.Na/c1-3-5-7-8-9-10-11-12-13-14-16-27-20(22)18(28(23,24)25)17-19(21)26-15-6-4-2;/h6,15,18H,3-5,7-14,16-17H2,1-2H3,(H,23,24,25);/q;+1/p-1/b15-6+;. The van der Waals surface area contributed by atoms with Crippen molar-refractivity contribution in [2.75, 3.05) is 6.61 Å². The number of ether oxygens (including phenoxy) is 2. The van der Waals surface area contributed by atoms with Gasteiger partial charge in [0.15, 0.2) is 5.25 Å². The van der Waals surface area contributed by atoms with Crippen LogP contribution in [0, 0.1) is 0 Å². The van der Waals surface area contributed by atoms with E-state index in [0.29, 0.717) is 12.8 Å². The van der Waals surface area contributed by atoms with Gasteiger partial charge in [-0.05, 0) is 18.9 Å². The van der Waals surface area contributed by atoms with Gasteiger partial charge in [-0.25, -0.2) is 8.42 Å². The molecule has 0 aromatic carbocycles. The van der Waals surface area contributed by atoms with Crippen molar-refractivity contribution in [2.24, 2.45) is 0 Å². The molecule has 164 valence electrons. The minimum absolute atomic E-state index is 0. The maximum atomic E-state index is 11.9. The Morgan fingerprint density at radius 3 is 1.93 bits per heavy atom. The number of carbonyl (C=O) groups excluding carboxylic acids is 2. The Kier molecular flexibility index (Phi) is 20.7. The summed E-state index contributed by atoms with van der Waals surface area (Å²) in [4.78, 5) is 23.4. The van der Waals surface area contributed by atoms with E-state index in [1.54, 1.807) is 6.08 Å². The fraction of sp³-hybridized carbons (Fsp3) is 0.800. The Balaban J connectivity index is 0. The minimum atomic E-state index is -5.00. The Morgan fingerprint density at radius 1 is 0.931 bits per heavy atom. The van der Waals surface area contributed by atoms with Crippen LogP contribution in [-0.4, -0.2) is 36.8 Å². The van der Waals surface area contributed by atoms with E-state index in [-0.39, 0.29) is 36.2 Å². The molecule has 0 aliphatic heterocycles. The van der Waals surface area contributed by atoms with Gasteiger partial charge in [-0.1, -0.05) is 71.6 Å². The van der Waals surface area contributed by atoms with Crippen molar-refractivity contribution in [2.45, 2.75) is 96.1 Å². The summed E-state index contributed by atoms with van der Waals surface area (Å²) in [6.45, 7) is 4.05. The van der Waals surface area contributed by atoms with Gasteiger partial charge in [0, 0.05) is 0 Å². The van der Waals surface area contributed by atoms with Gasteiger partial charge < -0.3 is 14.0 Å². The molecule has 7 nitrogen and oxygen atoms in total. The van der Waals surface area contributed by atoms with Gasteiger partial charge in [0.1, 0.15) is 10.1 Å². The molecule has 0 bridgehead atoms. The molecule has 0 saturated carbocycles. The number of hydrogen-bond acceptors (Lipinski definition) is 7. The number of carbonyl (C=O) groups is 2. The van der Waals surface area contributed by atoms with Gasteiger partial charge in [0.25, 0.3) is 0 Å². The molecule has 1 unspecified atom stereocenters. The quantitative estimate of drug-likeness (QED) is 0.110. The second-order valence-corrected chi connectivity index (χ2v) is 8.36. The Morgan fingerprint density at radius 2 is 1.45 bits per heavy atom. The summed E-state index contributed by atoms with van der Waals surface area (Å²) < 4.78 is 43.3. The summed E-state index contributed by atoms with van der Waals surface area (Å²) >= 11 is 0. The first-order valence-corrected chi connectivity index (χ1v) is 11.8. The van der Waals surface area contributed by atoms with Gasteiger partial charge in [-0.3, -0.25) is 9.59 Å². The molecule has 0 aliphatic carbocycles. The van der Waals surface area contributed by atoms with Crippen molar-refractivity contribution < 1.29 is 61.6 Å². The first-order valence-electron chi connectivity index (χ1n) is 10.3. The molecule has 0 aliphatic rings. The second kappa shape index (κ2) is 19.5. The first-order chi connectivity index (χ1) is 13.3. The molecule has 29 heavy (non-hydrogen) atoms. The van der Waals surface area contributed by atoms with Crippen molar-refractivity contribution in [3.8, 4) is 0 Å². The van der Waals surface area contributed by atoms with Crippen LogP contribution >= 0.6 is 0 Å². The van der Waals surface area contributed by atoms with E-state index in [9.17, 15) is 22.6 Å². The fourth-order valence-electron chi connectivity index (χ4n) is 2.58. The maximum Gasteiger partial charge on any atom is 1.00 e. The number of unbranched alkanes of at least 4 members (excludes halogenated alkanes) is 9. The first kappa shape index (κ1) is 30.8. The van der Waals surface area contributed by atoms with E-state index in [4.69, 9.17) is 4.74 Å². The number of allylic oxidation sites excluding steroid dienone is 1. The third-order valence-corrected chi connectivity index (χ3v) is 5.29. The van der Waals surface area contributed by atoms with Crippen LogP contribution in [0.25, 0.3) is 0 Å². The van der Waals surface area contributed by atoms with Gasteiger partial charge in [0.2, 0.25) is 0 Å². The van der Waals surface area contributed by atoms with Crippen LogP contribution < -0.4 is 29.6 Å². The van der Waals surface area contributed by atoms with Crippen LogP contribution in [0.3, 0.4) is 0 Å². The Hall–Kier alpha value is -0.410. The third-order valence-electron chi connectivity index (χ3n) is 4.24. The molecule has 0 fully saturated rings. The average Bonchev–Trinajstić information content (AvgIpc) is 2.63. The van der Waals surface area contributed by atoms with Crippen LogP contribution in [-0.2, 0) is 29.2 Å². The van der Waals surface area contributed by atoms with E-state index in [0.717, 1.165) is 25.5 Å². The van der Waals surface area contributed by atoms with Crippen LogP contribution in [0.4, 0.5) is 0 Å². The normalized spacial score (nSPS) is 12.4. The van der Waals surface area contributed by atoms with Crippen molar-refractivity contribution in [1.29, 1.82) is 0 Å². The zero-order valence-corrected chi connectivity index (χ0v) is 21.0. The minimum Gasteiger partial charge on any atom is -0.747 e. The van der Waals surface area contributed by atoms with Crippen molar-refractivity contribution in [1.82, 2.24) is 0 Å². The van der Waals surface area contributed by atoms with E-state index < -0.39 is 33.7 Å². The number of rotatable bonds is 17. The third kappa shape index (κ3) is 18.1. The molecular weight excluding hydrogens is 407 g/mol. The summed E-state index contributed by atoms with van der Waals surface area (Å²) in [7, 11) is -5.00. The maximum absolute atomic E-state index is 11.9. The molecule has 0 aromatic heterocycles. The largest absolute Gasteiger partial charge is 1.00 e. The predicted molar refractivity (Wildman–Crippen MR) is 106 cm³/mol. The summed E-state index contributed by atoms with van der Waals surface area (Å²) in [5.74, 6) is -2.16. The molecule has 9 heteroatoms. The van der Waals surface area contributed by atoms with Crippen LogP contribution in [0.15, 0.2) is 12.3 Å². The number of hydrogen-bond donors (Lipinski definition) is 0. The monoisotopic (exact) mass is 442 g/mol. The Labute approximate surface area is 198 Å². The van der Waals surface area contributed by atoms with E-state index >= 15 is 0 Å². The SMILES string of the molecule is CC/C=C/OC(=O)CC(C(=O)OCCCCCCCCCCCC)S(=O)(=O)[O-].[Na+]. The van der Waals surface area contributed by atoms with Crippen molar-refractivity contribution in [3.05, 3.63) is 12.3 Å². The molecule has 0 spiro atoms. The molecule has 0 saturated heterocycles. The van der Waals surface area contributed by atoms with E-state index in [2.05, 4.69) is 11.7 Å². The predicted octanol–water partition coefficient (Wildman–Crippen LogP) is 1.23. The van der Waals surface area contributed by atoms with E-state index in [1.165, 1.54) is 38.5 Å². The second-order valence-electron chi connectivity index (χ2n) is 6.80. The van der Waals surface area contributed by atoms with Crippen LogP contribution in [0.1, 0.15) is 90.9 Å². The van der Waals surface area contributed by atoms with Gasteiger partial charge in [-0.2, -0.15) is 0 Å². The molecular formula is C20H35NaO7S. The Bertz CT molecular complexity index is 561. The van der Waals surface area contributed by atoms with Gasteiger partial charge >= 0.3 is 41.5 Å². The number of esters is 2. The van der Waals surface area contributed by atoms with Crippen molar-refractivity contribution >= 4 is 22.1 Å². The van der Waals surface area contributed by atoms with Gasteiger partial charge in [0.05, 0.1) is 19.3 Å². The zero-order chi connectivity index (χ0) is 21.3. The summed E-state index contributed by atoms with van der Waals surface area (Å²) in [5, 5.41) is -2.07. The summed E-state index contributed by atoms with van der Waals surface area (Å²) in [6.07, 6.45) is 13.5. The van der Waals surface area contributed by atoms with Crippen LogP contribution in [0.5, 0.6) is 0 Å². The summed E-state index contributed by atoms with van der Waals surface area (Å²) in [5.41, 5.74) is 0. The van der Waals surface area contributed by atoms with E-state index in [1.807, 2.05) is 6.92 Å². The molecule has 0 N–H and O–H groups in total. The van der Waals surface area contributed by atoms with Crippen LogP contribution in [0.2, 0.25) is 0 Å². The fourth-order valence-corrected chi connectivity index (χ4v) is 3.22.